The zero-order valence-electron chi connectivity index (χ0n) is 17.7. The van der Waals surface area contributed by atoms with Gasteiger partial charge >= 0.3 is 0 Å². The summed E-state index contributed by atoms with van der Waals surface area (Å²) < 4.78 is 26.5. The first kappa shape index (κ1) is 23.3. The molecule has 0 aromatic heterocycles. The molecule has 29 heavy (non-hydrogen) atoms. The molecule has 1 aliphatic rings. The summed E-state index contributed by atoms with van der Waals surface area (Å²) in [6.45, 7) is 8.00. The number of hydrogen-bond acceptors (Lipinski definition) is 4. The van der Waals surface area contributed by atoms with E-state index in [4.69, 9.17) is 0 Å². The highest BCUT2D eigenvalue weighted by Gasteiger charge is 2.28. The first-order valence-corrected chi connectivity index (χ1v) is 11.9. The smallest absolute Gasteiger partial charge is 0.243 e. The molecule has 1 aromatic carbocycles. The van der Waals surface area contributed by atoms with Gasteiger partial charge in [0.1, 0.15) is 0 Å². The number of benzene rings is 1. The van der Waals surface area contributed by atoms with Crippen LogP contribution in [-0.2, 0) is 26.2 Å². The normalized spacial score (nSPS) is 17.4. The van der Waals surface area contributed by atoms with Gasteiger partial charge in [-0.15, -0.1) is 0 Å². The molecule has 7 nitrogen and oxygen atoms in total. The molecule has 1 aliphatic heterocycles. The summed E-state index contributed by atoms with van der Waals surface area (Å²) in [6, 6.07) is 6.63. The minimum atomic E-state index is -3.48. The molecule has 1 saturated heterocycles. The molecule has 1 atom stereocenters. The number of carbonyl (C=O) groups is 2. The molecule has 8 heteroatoms. The number of piperidine rings is 1. The van der Waals surface area contributed by atoms with Gasteiger partial charge in [-0.05, 0) is 37.0 Å². The van der Waals surface area contributed by atoms with Crippen molar-refractivity contribution >= 4 is 21.8 Å². The molecule has 2 amide bonds. The number of rotatable bonds is 9. The Morgan fingerprint density at radius 1 is 1.14 bits per heavy atom. The molecule has 1 N–H and O–H groups in total. The van der Waals surface area contributed by atoms with Crippen molar-refractivity contribution in [1.82, 2.24) is 14.5 Å². The average molecular weight is 424 g/mol. The molecule has 1 heterocycles. The maximum Gasteiger partial charge on any atom is 0.243 e. The van der Waals surface area contributed by atoms with Crippen LogP contribution in [0.15, 0.2) is 29.2 Å². The minimum absolute atomic E-state index is 0.0566. The van der Waals surface area contributed by atoms with Crippen molar-refractivity contribution in [3.05, 3.63) is 29.8 Å². The third-order valence-corrected chi connectivity index (χ3v) is 7.41. The lowest BCUT2D eigenvalue weighted by Gasteiger charge is -2.32. The van der Waals surface area contributed by atoms with Crippen LogP contribution in [0.1, 0.15) is 52.0 Å². The molecule has 1 fully saturated rings. The Morgan fingerprint density at radius 2 is 1.79 bits per heavy atom. The summed E-state index contributed by atoms with van der Waals surface area (Å²) in [5.41, 5.74) is 0.839. The number of carbonyl (C=O) groups excluding carboxylic acids is 2. The molecule has 0 saturated carbocycles. The van der Waals surface area contributed by atoms with E-state index in [0.29, 0.717) is 32.6 Å². The molecule has 162 valence electrons. The average Bonchev–Trinajstić information content (AvgIpc) is 2.73. The molecule has 0 spiro atoms. The molecular weight excluding hydrogens is 390 g/mol. The van der Waals surface area contributed by atoms with E-state index in [1.165, 1.54) is 4.31 Å². The van der Waals surface area contributed by atoms with Crippen LogP contribution < -0.4 is 5.32 Å². The van der Waals surface area contributed by atoms with E-state index in [-0.39, 0.29) is 22.6 Å². The first-order chi connectivity index (χ1) is 13.8. The van der Waals surface area contributed by atoms with E-state index < -0.39 is 10.0 Å². The van der Waals surface area contributed by atoms with Crippen molar-refractivity contribution in [2.45, 2.75) is 57.9 Å². The molecule has 0 radical (unpaired) electrons. The van der Waals surface area contributed by atoms with Gasteiger partial charge in [-0.1, -0.05) is 32.9 Å². The van der Waals surface area contributed by atoms with Crippen molar-refractivity contribution in [2.75, 3.05) is 26.2 Å². The molecule has 0 bridgehead atoms. The number of amides is 2. The zero-order chi connectivity index (χ0) is 21.4. The van der Waals surface area contributed by atoms with E-state index in [1.54, 1.807) is 29.2 Å². The fourth-order valence-electron chi connectivity index (χ4n) is 3.62. The summed E-state index contributed by atoms with van der Waals surface area (Å²) in [7, 11) is -3.48. The fourth-order valence-corrected chi connectivity index (χ4v) is 5.07. The number of nitrogens with one attached hydrogen (secondary N) is 1. The number of sulfonamides is 1. The van der Waals surface area contributed by atoms with Crippen molar-refractivity contribution in [3.8, 4) is 0 Å². The highest BCUT2D eigenvalue weighted by Crippen LogP contribution is 2.19. The van der Waals surface area contributed by atoms with Gasteiger partial charge in [0, 0.05) is 39.1 Å². The van der Waals surface area contributed by atoms with Crippen LogP contribution >= 0.6 is 0 Å². The van der Waals surface area contributed by atoms with Crippen LogP contribution in [0, 0.1) is 5.92 Å². The van der Waals surface area contributed by atoms with Gasteiger partial charge in [0.05, 0.1) is 10.8 Å². The number of hydrogen-bond donors (Lipinski definition) is 1. The maximum atomic E-state index is 12.5. The topological polar surface area (TPSA) is 86.8 Å². The molecular formula is C21H33N3O4S. The van der Waals surface area contributed by atoms with Crippen molar-refractivity contribution in [2.24, 2.45) is 5.92 Å². The van der Waals surface area contributed by atoms with Gasteiger partial charge < -0.3 is 10.2 Å². The first-order valence-electron chi connectivity index (χ1n) is 10.5. The van der Waals surface area contributed by atoms with Gasteiger partial charge in [0.15, 0.2) is 0 Å². The largest absolute Gasteiger partial charge is 0.352 e. The zero-order valence-corrected chi connectivity index (χ0v) is 18.5. The Balaban J connectivity index is 1.93. The van der Waals surface area contributed by atoms with Crippen LogP contribution in [0.3, 0.4) is 0 Å². The van der Waals surface area contributed by atoms with E-state index in [9.17, 15) is 18.0 Å². The van der Waals surface area contributed by atoms with Crippen LogP contribution in [-0.4, -0.2) is 55.6 Å². The Labute approximate surface area is 174 Å². The third-order valence-electron chi connectivity index (χ3n) is 5.34. The van der Waals surface area contributed by atoms with Crippen LogP contribution in [0.5, 0.6) is 0 Å². The summed E-state index contributed by atoms with van der Waals surface area (Å²) in [5.74, 6) is -0.124. The lowest BCUT2D eigenvalue weighted by atomic mass is 9.96. The minimum Gasteiger partial charge on any atom is -0.352 e. The van der Waals surface area contributed by atoms with Crippen LogP contribution in [0.25, 0.3) is 0 Å². The predicted octanol–water partition coefficient (Wildman–Crippen LogP) is 2.37. The Hall–Kier alpha value is -1.93. The summed E-state index contributed by atoms with van der Waals surface area (Å²) in [6.07, 6.45) is 2.96. The lowest BCUT2D eigenvalue weighted by Crippen LogP contribution is -2.45. The van der Waals surface area contributed by atoms with E-state index in [1.807, 2.05) is 20.8 Å². The second kappa shape index (κ2) is 10.7. The SMILES string of the molecule is CCCC(=O)N1CCCC(C(=O)NCc2ccc(S(=O)(=O)N(CC)CC)cc2)C1. The van der Waals surface area contributed by atoms with Crippen LogP contribution in [0.4, 0.5) is 0 Å². The highest BCUT2D eigenvalue weighted by molar-refractivity contribution is 7.89. The van der Waals surface area contributed by atoms with Gasteiger partial charge in [0.2, 0.25) is 21.8 Å². The van der Waals surface area contributed by atoms with Crippen molar-refractivity contribution in [3.63, 3.8) is 0 Å². The Morgan fingerprint density at radius 3 is 2.38 bits per heavy atom. The monoisotopic (exact) mass is 423 g/mol. The van der Waals surface area contributed by atoms with Crippen LogP contribution in [0.2, 0.25) is 0 Å². The quantitative estimate of drug-likeness (QED) is 0.661. The highest BCUT2D eigenvalue weighted by atomic mass is 32.2. The second-order valence-corrected chi connectivity index (χ2v) is 9.32. The molecule has 0 aliphatic carbocycles. The van der Waals surface area contributed by atoms with Gasteiger partial charge in [-0.2, -0.15) is 4.31 Å². The number of likely N-dealkylation sites (tertiary alicyclic amines) is 1. The summed E-state index contributed by atoms with van der Waals surface area (Å²) >= 11 is 0. The van der Waals surface area contributed by atoms with Crippen molar-refractivity contribution < 1.29 is 18.0 Å². The standard InChI is InChI=1S/C21H33N3O4S/c1-4-8-20(25)23-14-7-9-18(16-23)21(26)22-15-17-10-12-19(13-11-17)29(27,28)24(5-2)6-3/h10-13,18H,4-9,14-16H2,1-3H3,(H,22,26). The molecule has 1 unspecified atom stereocenters. The maximum absolute atomic E-state index is 12.5. The summed E-state index contributed by atoms with van der Waals surface area (Å²) in [4.78, 5) is 26.7. The second-order valence-electron chi connectivity index (χ2n) is 7.38. The van der Waals surface area contributed by atoms with Gasteiger partial charge in [-0.25, -0.2) is 8.42 Å². The predicted molar refractivity (Wildman–Crippen MR) is 113 cm³/mol. The lowest BCUT2D eigenvalue weighted by molar-refractivity contribution is -0.135. The van der Waals surface area contributed by atoms with Gasteiger partial charge in [0.25, 0.3) is 0 Å². The Kier molecular flexibility index (Phi) is 8.64. The van der Waals surface area contributed by atoms with Gasteiger partial charge in [-0.3, -0.25) is 9.59 Å². The van der Waals surface area contributed by atoms with Crippen molar-refractivity contribution in [1.29, 1.82) is 0 Å². The van der Waals surface area contributed by atoms with E-state index >= 15 is 0 Å². The fraction of sp³-hybridized carbons (Fsp3) is 0.619. The third kappa shape index (κ3) is 6.02. The number of nitrogens with zero attached hydrogens (tertiary/aromatic N) is 2. The van der Waals surface area contributed by atoms with E-state index in [0.717, 1.165) is 31.4 Å². The van der Waals surface area contributed by atoms with E-state index in [2.05, 4.69) is 5.32 Å². The molecule has 1 aromatic rings. The summed E-state index contributed by atoms with van der Waals surface area (Å²) in [5, 5.41) is 2.93. The Bertz CT molecular complexity index is 789. The molecule has 2 rings (SSSR count).